The van der Waals surface area contributed by atoms with Crippen LogP contribution in [0.25, 0.3) is 0 Å². The van der Waals surface area contributed by atoms with Crippen LogP contribution in [0.1, 0.15) is 47.6 Å². The Bertz CT molecular complexity index is 1140. The largest absolute Gasteiger partial charge is 0.479 e. The fourth-order valence-electron chi connectivity index (χ4n) is 4.99. The maximum atomic E-state index is 13.8. The third kappa shape index (κ3) is 3.71. The molecule has 0 unspecified atom stereocenters. The molecule has 1 aliphatic heterocycles. The molecule has 3 atom stereocenters. The van der Waals surface area contributed by atoms with E-state index in [1.807, 2.05) is 12.1 Å². The summed E-state index contributed by atoms with van der Waals surface area (Å²) in [6.45, 7) is -0.717. The highest BCUT2D eigenvalue weighted by Crippen LogP contribution is 2.54. The number of para-hydroxylation sites is 1. The molecule has 172 valence electrons. The lowest BCUT2D eigenvalue weighted by Gasteiger charge is -2.55. The average molecular weight is 456 g/mol. The summed E-state index contributed by atoms with van der Waals surface area (Å²) >= 11 is 0. The van der Waals surface area contributed by atoms with Crippen molar-refractivity contribution in [2.24, 2.45) is 5.92 Å². The van der Waals surface area contributed by atoms with Gasteiger partial charge >= 0.3 is 12.1 Å². The van der Waals surface area contributed by atoms with Crippen LogP contribution in [-0.2, 0) is 9.53 Å². The van der Waals surface area contributed by atoms with Crippen LogP contribution in [0.3, 0.4) is 0 Å². The Labute approximate surface area is 188 Å². The third-order valence-electron chi connectivity index (χ3n) is 6.70. The Morgan fingerprint density at radius 2 is 1.79 bits per heavy atom. The standard InChI is InChI=1S/C24H22F2N2O5/c25-17-9-5-13(11-18(17)26)23(31)28-19-4-2-1-3-15(19)22(16-8-10-20(16)28)27(14-6-7-14)24(32)33-12-21(29)30/h1-5,9,11,14,16,20,22H,6-8,10,12H2,(H,29,30)/t16-,20+,22+/m0/s1. The molecule has 0 spiro atoms. The molecule has 0 radical (unpaired) electrons. The molecular formula is C24H22F2N2O5. The Kier molecular flexibility index (Phi) is 5.26. The zero-order valence-corrected chi connectivity index (χ0v) is 17.6. The molecule has 9 heteroatoms. The monoisotopic (exact) mass is 456 g/mol. The highest BCUT2D eigenvalue weighted by atomic mass is 19.2. The first-order valence-electron chi connectivity index (χ1n) is 10.9. The van der Waals surface area contributed by atoms with E-state index >= 15 is 0 Å². The van der Waals surface area contributed by atoms with Crippen LogP contribution in [0.2, 0.25) is 0 Å². The molecule has 2 aromatic carbocycles. The lowest BCUT2D eigenvalue weighted by Crippen LogP contribution is -2.59. The number of hydrogen-bond donors (Lipinski definition) is 1. The minimum absolute atomic E-state index is 0.0425. The van der Waals surface area contributed by atoms with Gasteiger partial charge in [0.05, 0.1) is 6.04 Å². The van der Waals surface area contributed by atoms with E-state index < -0.39 is 36.2 Å². The molecule has 2 saturated carbocycles. The molecule has 33 heavy (non-hydrogen) atoms. The summed E-state index contributed by atoms with van der Waals surface area (Å²) in [5.41, 5.74) is 1.41. The van der Waals surface area contributed by atoms with Crippen molar-refractivity contribution in [3.05, 3.63) is 65.2 Å². The summed E-state index contributed by atoms with van der Waals surface area (Å²) in [4.78, 5) is 40.5. The molecule has 1 heterocycles. The second kappa shape index (κ2) is 8.13. The number of anilines is 1. The molecule has 2 aliphatic carbocycles. The van der Waals surface area contributed by atoms with E-state index in [0.717, 1.165) is 37.0 Å². The summed E-state index contributed by atoms with van der Waals surface area (Å²) in [6.07, 6.45) is 2.39. The van der Waals surface area contributed by atoms with Crippen LogP contribution in [0.5, 0.6) is 0 Å². The summed E-state index contributed by atoms with van der Waals surface area (Å²) in [5, 5.41) is 8.92. The van der Waals surface area contributed by atoms with Crippen molar-refractivity contribution in [2.45, 2.75) is 43.8 Å². The zero-order valence-electron chi connectivity index (χ0n) is 17.6. The molecule has 3 aliphatic rings. The van der Waals surface area contributed by atoms with Crippen molar-refractivity contribution in [1.82, 2.24) is 4.90 Å². The number of benzene rings is 2. The van der Waals surface area contributed by atoms with Gasteiger partial charge in [-0.25, -0.2) is 18.4 Å². The molecule has 1 N–H and O–H groups in total. The minimum atomic E-state index is -1.23. The van der Waals surface area contributed by atoms with Crippen molar-refractivity contribution in [2.75, 3.05) is 11.5 Å². The lowest BCUT2D eigenvalue weighted by molar-refractivity contribution is -0.140. The predicted octanol–water partition coefficient (Wildman–Crippen LogP) is 4.13. The van der Waals surface area contributed by atoms with Crippen LogP contribution in [0.4, 0.5) is 19.3 Å². The third-order valence-corrected chi connectivity index (χ3v) is 6.70. The lowest BCUT2D eigenvalue weighted by atomic mass is 9.68. The minimum Gasteiger partial charge on any atom is -0.479 e. The van der Waals surface area contributed by atoms with Crippen molar-refractivity contribution in [3.63, 3.8) is 0 Å². The van der Waals surface area contributed by atoms with Gasteiger partial charge in [0.1, 0.15) is 0 Å². The van der Waals surface area contributed by atoms with Crippen molar-refractivity contribution >= 4 is 23.7 Å². The first-order chi connectivity index (χ1) is 15.9. The number of fused-ring (bicyclic) bond motifs is 2. The molecule has 0 saturated heterocycles. The van der Waals surface area contributed by atoms with Crippen LogP contribution in [0.15, 0.2) is 42.5 Å². The van der Waals surface area contributed by atoms with Gasteiger partial charge in [-0.1, -0.05) is 18.2 Å². The van der Waals surface area contributed by atoms with Crippen molar-refractivity contribution < 1.29 is 33.0 Å². The molecule has 0 bridgehead atoms. The van der Waals surface area contributed by atoms with Gasteiger partial charge in [-0.2, -0.15) is 0 Å². The van der Waals surface area contributed by atoms with E-state index in [1.165, 1.54) is 6.07 Å². The normalized spacial score (nSPS) is 23.1. The highest BCUT2D eigenvalue weighted by molar-refractivity contribution is 6.07. The second-order valence-corrected chi connectivity index (χ2v) is 8.70. The summed E-state index contributed by atoms with van der Waals surface area (Å²) in [7, 11) is 0. The molecule has 7 nitrogen and oxygen atoms in total. The fraction of sp³-hybridized carbons (Fsp3) is 0.375. The molecule has 5 rings (SSSR count). The fourth-order valence-corrected chi connectivity index (χ4v) is 4.99. The van der Waals surface area contributed by atoms with E-state index in [2.05, 4.69) is 0 Å². The number of rotatable bonds is 5. The molecule has 2 fully saturated rings. The number of ether oxygens (including phenoxy) is 1. The Morgan fingerprint density at radius 3 is 2.42 bits per heavy atom. The van der Waals surface area contributed by atoms with E-state index in [1.54, 1.807) is 21.9 Å². The van der Waals surface area contributed by atoms with Crippen molar-refractivity contribution in [3.8, 4) is 0 Å². The van der Waals surface area contributed by atoms with Crippen LogP contribution >= 0.6 is 0 Å². The number of carboxylic acid groups (broad SMARTS) is 1. The topological polar surface area (TPSA) is 87.2 Å². The number of aliphatic carboxylic acids is 1. The molecular weight excluding hydrogens is 434 g/mol. The summed E-state index contributed by atoms with van der Waals surface area (Å²) < 4.78 is 32.3. The summed E-state index contributed by atoms with van der Waals surface area (Å²) in [5.74, 6) is -3.84. The number of hydrogen-bond acceptors (Lipinski definition) is 4. The average Bonchev–Trinajstić information content (AvgIpc) is 3.60. The number of carboxylic acids is 1. The molecule has 2 aromatic rings. The number of halogens is 2. The van der Waals surface area contributed by atoms with Gasteiger partial charge in [-0.15, -0.1) is 0 Å². The Balaban J connectivity index is 1.53. The zero-order chi connectivity index (χ0) is 23.3. The van der Waals surface area contributed by atoms with Crippen LogP contribution < -0.4 is 4.90 Å². The first-order valence-corrected chi connectivity index (χ1v) is 10.9. The van der Waals surface area contributed by atoms with Gasteiger partial charge in [0.25, 0.3) is 5.91 Å². The van der Waals surface area contributed by atoms with Gasteiger partial charge in [0.2, 0.25) is 0 Å². The summed E-state index contributed by atoms with van der Waals surface area (Å²) in [6, 6.07) is 9.71. The van der Waals surface area contributed by atoms with Crippen LogP contribution in [-0.4, -0.2) is 46.7 Å². The van der Waals surface area contributed by atoms with Crippen LogP contribution in [0, 0.1) is 17.6 Å². The highest BCUT2D eigenvalue weighted by Gasteiger charge is 2.54. The van der Waals surface area contributed by atoms with Gasteiger partial charge in [-0.05, 0) is 55.5 Å². The van der Waals surface area contributed by atoms with E-state index in [0.29, 0.717) is 12.1 Å². The number of carbonyl (C=O) groups is 3. The van der Waals surface area contributed by atoms with E-state index in [4.69, 9.17) is 9.84 Å². The number of amides is 2. The Hall–Kier alpha value is -3.49. The van der Waals surface area contributed by atoms with Gasteiger partial charge < -0.3 is 14.7 Å². The van der Waals surface area contributed by atoms with Crippen molar-refractivity contribution in [1.29, 1.82) is 0 Å². The quantitative estimate of drug-likeness (QED) is 0.731. The second-order valence-electron chi connectivity index (χ2n) is 8.70. The maximum Gasteiger partial charge on any atom is 0.411 e. The van der Waals surface area contributed by atoms with E-state index in [9.17, 15) is 23.2 Å². The number of carbonyl (C=O) groups excluding carboxylic acids is 2. The SMILES string of the molecule is O=C(O)COC(=O)N(C1CC1)[C@@H]1c2ccccc2N(C(=O)c2ccc(F)c(F)c2)[C@@H]2CC[C@@H]21. The van der Waals surface area contributed by atoms with Gasteiger partial charge in [0.15, 0.2) is 18.2 Å². The molecule has 2 amide bonds. The Morgan fingerprint density at radius 1 is 1.03 bits per heavy atom. The van der Waals surface area contributed by atoms with E-state index in [-0.39, 0.29) is 29.6 Å². The molecule has 0 aromatic heterocycles. The number of nitrogens with zero attached hydrogens (tertiary/aromatic N) is 2. The van der Waals surface area contributed by atoms with Gasteiger partial charge in [0, 0.05) is 29.3 Å². The predicted molar refractivity (Wildman–Crippen MR) is 113 cm³/mol. The maximum absolute atomic E-state index is 13.8. The van der Waals surface area contributed by atoms with Gasteiger partial charge in [-0.3, -0.25) is 9.69 Å². The first kappa shape index (κ1) is 21.4. The smallest absolute Gasteiger partial charge is 0.411 e.